The molecule has 132 valence electrons. The van der Waals surface area contributed by atoms with Gasteiger partial charge in [-0.1, -0.05) is 0 Å². The van der Waals surface area contributed by atoms with Crippen LogP contribution in [0.25, 0.3) is 0 Å². The van der Waals surface area contributed by atoms with E-state index < -0.39 is 0 Å². The van der Waals surface area contributed by atoms with Gasteiger partial charge in [-0.15, -0.1) is 0 Å². The molecule has 0 bridgehead atoms. The molecule has 3 heterocycles. The Bertz CT molecular complexity index is 648. The summed E-state index contributed by atoms with van der Waals surface area (Å²) in [6.07, 6.45) is 8.33. The highest BCUT2D eigenvalue weighted by molar-refractivity contribution is 4.98. The Balaban J connectivity index is 1.67. The van der Waals surface area contributed by atoms with E-state index in [1.54, 1.807) is 0 Å². The summed E-state index contributed by atoms with van der Waals surface area (Å²) in [5.74, 6) is 3.90. The molecular weight excluding hydrogens is 300 g/mol. The lowest BCUT2D eigenvalue weighted by Gasteiger charge is -2.28. The van der Waals surface area contributed by atoms with Crippen molar-refractivity contribution in [3.8, 4) is 0 Å². The highest BCUT2D eigenvalue weighted by atomic mass is 15.4. The van der Waals surface area contributed by atoms with E-state index in [2.05, 4.69) is 40.0 Å². The van der Waals surface area contributed by atoms with E-state index in [4.69, 9.17) is 10.1 Å². The summed E-state index contributed by atoms with van der Waals surface area (Å²) in [5, 5.41) is 4.81. The van der Waals surface area contributed by atoms with E-state index in [1.165, 1.54) is 25.9 Å². The van der Waals surface area contributed by atoms with Crippen LogP contribution in [0, 0.1) is 12.8 Å². The maximum Gasteiger partial charge on any atom is 0.151 e. The number of nitrogens with zero attached hydrogens (tertiary/aromatic N) is 6. The highest BCUT2D eigenvalue weighted by Gasteiger charge is 2.20. The molecule has 0 aromatic carbocycles. The van der Waals surface area contributed by atoms with Crippen molar-refractivity contribution >= 4 is 0 Å². The van der Waals surface area contributed by atoms with Gasteiger partial charge in [0.15, 0.2) is 5.82 Å². The van der Waals surface area contributed by atoms with Gasteiger partial charge in [-0.3, -0.25) is 0 Å². The topological polar surface area (TPSA) is 51.8 Å². The van der Waals surface area contributed by atoms with Crippen LogP contribution in [0.15, 0.2) is 12.4 Å². The first-order chi connectivity index (χ1) is 11.5. The van der Waals surface area contributed by atoms with Crippen LogP contribution in [0.1, 0.15) is 50.2 Å². The number of imidazole rings is 1. The van der Waals surface area contributed by atoms with Crippen molar-refractivity contribution in [2.24, 2.45) is 5.92 Å². The van der Waals surface area contributed by atoms with Crippen LogP contribution < -0.4 is 0 Å². The molecular formula is C18H30N6. The Morgan fingerprint density at radius 1 is 1.25 bits per heavy atom. The van der Waals surface area contributed by atoms with Crippen molar-refractivity contribution in [1.82, 2.24) is 29.2 Å². The zero-order valence-electron chi connectivity index (χ0n) is 15.4. The van der Waals surface area contributed by atoms with Crippen LogP contribution >= 0.6 is 0 Å². The molecule has 1 aliphatic rings. The van der Waals surface area contributed by atoms with Gasteiger partial charge in [-0.05, 0) is 59.7 Å². The summed E-state index contributed by atoms with van der Waals surface area (Å²) >= 11 is 0. The number of aryl methyl sites for hydroxylation is 3. The molecule has 2 aromatic rings. The van der Waals surface area contributed by atoms with Crippen LogP contribution in [-0.4, -0.2) is 49.4 Å². The molecule has 2 aromatic heterocycles. The van der Waals surface area contributed by atoms with E-state index >= 15 is 0 Å². The molecule has 0 amide bonds. The number of aromatic nitrogens is 5. The molecule has 1 fully saturated rings. The number of rotatable bonds is 6. The van der Waals surface area contributed by atoms with E-state index in [0.717, 1.165) is 42.8 Å². The lowest BCUT2D eigenvalue weighted by molar-refractivity contribution is 0.217. The average Bonchev–Trinajstić information content (AvgIpc) is 3.14. The molecule has 0 spiro atoms. The zero-order valence-corrected chi connectivity index (χ0v) is 15.4. The Hall–Kier alpha value is -1.69. The lowest BCUT2D eigenvalue weighted by atomic mass is 9.94. The molecule has 0 atom stereocenters. The fraction of sp³-hybridized carbons (Fsp3) is 0.722. The van der Waals surface area contributed by atoms with E-state index in [-0.39, 0.29) is 0 Å². The number of likely N-dealkylation sites (tertiary alicyclic amines) is 1. The molecule has 1 aliphatic heterocycles. The van der Waals surface area contributed by atoms with Gasteiger partial charge in [0.05, 0.1) is 0 Å². The molecule has 0 radical (unpaired) electrons. The van der Waals surface area contributed by atoms with Gasteiger partial charge in [0, 0.05) is 37.8 Å². The van der Waals surface area contributed by atoms with Crippen molar-refractivity contribution in [3.05, 3.63) is 29.9 Å². The summed E-state index contributed by atoms with van der Waals surface area (Å²) in [7, 11) is 2.21. The molecule has 6 nitrogen and oxygen atoms in total. The monoisotopic (exact) mass is 330 g/mol. The Morgan fingerprint density at radius 2 is 2.00 bits per heavy atom. The third kappa shape index (κ3) is 4.04. The second kappa shape index (κ2) is 7.47. The van der Waals surface area contributed by atoms with Gasteiger partial charge < -0.3 is 9.47 Å². The summed E-state index contributed by atoms with van der Waals surface area (Å²) in [5.41, 5.74) is 0. The maximum atomic E-state index is 4.88. The zero-order chi connectivity index (χ0) is 17.1. The normalized spacial score (nSPS) is 17.0. The van der Waals surface area contributed by atoms with E-state index in [9.17, 15) is 0 Å². The van der Waals surface area contributed by atoms with Crippen LogP contribution in [0.5, 0.6) is 0 Å². The number of piperidine rings is 1. The first kappa shape index (κ1) is 17.1. The van der Waals surface area contributed by atoms with Crippen LogP contribution in [0.2, 0.25) is 0 Å². The molecule has 0 unspecified atom stereocenters. The lowest BCUT2D eigenvalue weighted by Crippen LogP contribution is -2.31. The predicted octanol–water partition coefficient (Wildman–Crippen LogP) is 2.49. The smallest absolute Gasteiger partial charge is 0.151 e. The molecule has 6 heteroatoms. The Labute approximate surface area is 144 Å². The van der Waals surface area contributed by atoms with Crippen molar-refractivity contribution in [2.45, 2.75) is 59.0 Å². The summed E-state index contributed by atoms with van der Waals surface area (Å²) in [6, 6.07) is 0.350. The third-order valence-corrected chi connectivity index (χ3v) is 5.04. The van der Waals surface area contributed by atoms with E-state index in [1.807, 2.05) is 19.3 Å². The predicted molar refractivity (Wildman–Crippen MR) is 95.0 cm³/mol. The number of hydrogen-bond donors (Lipinski definition) is 0. The SMILES string of the molecule is Cc1nccn1CCc1nc(CC2CCN(C)CC2)nn1C(C)C. The summed E-state index contributed by atoms with van der Waals surface area (Å²) < 4.78 is 4.28. The van der Waals surface area contributed by atoms with Crippen molar-refractivity contribution in [1.29, 1.82) is 0 Å². The van der Waals surface area contributed by atoms with Crippen LogP contribution in [-0.2, 0) is 19.4 Å². The fourth-order valence-electron chi connectivity index (χ4n) is 3.46. The van der Waals surface area contributed by atoms with Crippen molar-refractivity contribution in [2.75, 3.05) is 20.1 Å². The Morgan fingerprint density at radius 3 is 2.62 bits per heavy atom. The molecule has 0 aliphatic carbocycles. The molecule has 0 saturated carbocycles. The molecule has 0 N–H and O–H groups in total. The second-order valence-corrected chi connectivity index (χ2v) is 7.35. The fourth-order valence-corrected chi connectivity index (χ4v) is 3.46. The largest absolute Gasteiger partial charge is 0.335 e. The minimum Gasteiger partial charge on any atom is -0.335 e. The van der Waals surface area contributed by atoms with Crippen LogP contribution in [0.4, 0.5) is 0 Å². The first-order valence-corrected chi connectivity index (χ1v) is 9.13. The van der Waals surface area contributed by atoms with Crippen molar-refractivity contribution in [3.63, 3.8) is 0 Å². The van der Waals surface area contributed by atoms with Gasteiger partial charge in [-0.2, -0.15) is 5.10 Å². The summed E-state index contributed by atoms with van der Waals surface area (Å²) in [4.78, 5) is 11.6. The minimum absolute atomic E-state index is 0.350. The first-order valence-electron chi connectivity index (χ1n) is 9.13. The van der Waals surface area contributed by atoms with Crippen molar-refractivity contribution < 1.29 is 0 Å². The summed E-state index contributed by atoms with van der Waals surface area (Å²) in [6.45, 7) is 9.70. The average molecular weight is 330 g/mol. The molecule has 1 saturated heterocycles. The maximum absolute atomic E-state index is 4.88. The van der Waals surface area contributed by atoms with Gasteiger partial charge in [0.2, 0.25) is 0 Å². The van der Waals surface area contributed by atoms with Gasteiger partial charge in [-0.25, -0.2) is 14.6 Å². The minimum atomic E-state index is 0.350. The van der Waals surface area contributed by atoms with Gasteiger partial charge in [0.25, 0.3) is 0 Å². The quantitative estimate of drug-likeness (QED) is 0.816. The Kier molecular flexibility index (Phi) is 5.33. The second-order valence-electron chi connectivity index (χ2n) is 7.35. The third-order valence-electron chi connectivity index (χ3n) is 5.04. The van der Waals surface area contributed by atoms with Gasteiger partial charge >= 0.3 is 0 Å². The standard InChI is InChI=1S/C18H30N6/c1-14(2)24-18(7-11-23-12-8-19-15(23)3)20-17(21-24)13-16-5-9-22(4)10-6-16/h8,12,14,16H,5-7,9-11,13H2,1-4H3. The van der Waals surface area contributed by atoms with E-state index in [0.29, 0.717) is 6.04 Å². The highest BCUT2D eigenvalue weighted by Crippen LogP contribution is 2.20. The molecule has 3 rings (SSSR count). The van der Waals surface area contributed by atoms with Gasteiger partial charge in [0.1, 0.15) is 11.6 Å². The number of hydrogen-bond acceptors (Lipinski definition) is 4. The molecule has 24 heavy (non-hydrogen) atoms. The van der Waals surface area contributed by atoms with Crippen LogP contribution in [0.3, 0.4) is 0 Å².